The number of hydrogen-bond donors (Lipinski definition) is 2. The molecule has 7 heteroatoms. The van der Waals surface area contributed by atoms with Gasteiger partial charge in [-0.25, -0.2) is 14.8 Å². The molecule has 7 nitrogen and oxygen atoms in total. The minimum Gasteiger partial charge on any atom is -0.481 e. The lowest BCUT2D eigenvalue weighted by molar-refractivity contribution is 0.0602. The Morgan fingerprint density at radius 3 is 2.65 bits per heavy atom. The maximum atomic E-state index is 11.5. The Bertz CT molecular complexity index is 614. The van der Waals surface area contributed by atoms with E-state index in [9.17, 15) is 4.79 Å². The summed E-state index contributed by atoms with van der Waals surface area (Å²) in [5, 5.41) is 3.01. The molecule has 0 radical (unpaired) electrons. The van der Waals surface area contributed by atoms with Crippen LogP contribution < -0.4 is 15.8 Å². The van der Waals surface area contributed by atoms with Crippen molar-refractivity contribution in [2.24, 2.45) is 0 Å². The van der Waals surface area contributed by atoms with Gasteiger partial charge in [-0.3, -0.25) is 0 Å². The fourth-order valence-corrected chi connectivity index (χ4v) is 1.54. The molecule has 104 valence electrons. The standard InChI is InChI=1S/C13H14N4O3/c1-19-12-4-3-8(6-16-12)17-11-5-9(13(18)20-2)10(14)7-15-11/h3-7H,14H2,1-2H3,(H,15,17). The van der Waals surface area contributed by atoms with E-state index >= 15 is 0 Å². The first kappa shape index (κ1) is 13.6. The highest BCUT2D eigenvalue weighted by atomic mass is 16.5. The molecular weight excluding hydrogens is 260 g/mol. The summed E-state index contributed by atoms with van der Waals surface area (Å²) in [4.78, 5) is 19.7. The molecule has 0 spiro atoms. The minimum absolute atomic E-state index is 0.256. The first-order valence-electron chi connectivity index (χ1n) is 5.75. The van der Waals surface area contributed by atoms with Gasteiger partial charge in [0.2, 0.25) is 5.88 Å². The molecular formula is C13H14N4O3. The van der Waals surface area contributed by atoms with Gasteiger partial charge in [0, 0.05) is 6.07 Å². The summed E-state index contributed by atoms with van der Waals surface area (Å²) < 4.78 is 9.62. The van der Waals surface area contributed by atoms with Crippen molar-refractivity contribution in [3.8, 4) is 5.88 Å². The number of esters is 1. The van der Waals surface area contributed by atoms with Gasteiger partial charge in [0.05, 0.1) is 43.6 Å². The van der Waals surface area contributed by atoms with Crippen LogP contribution >= 0.6 is 0 Å². The van der Waals surface area contributed by atoms with Crippen molar-refractivity contribution in [1.29, 1.82) is 0 Å². The van der Waals surface area contributed by atoms with Crippen molar-refractivity contribution in [3.63, 3.8) is 0 Å². The molecule has 0 bridgehead atoms. The topological polar surface area (TPSA) is 99.4 Å². The largest absolute Gasteiger partial charge is 0.481 e. The average Bonchev–Trinajstić information content (AvgIpc) is 2.49. The Labute approximate surface area is 115 Å². The molecule has 0 atom stereocenters. The Morgan fingerprint density at radius 2 is 2.05 bits per heavy atom. The lowest BCUT2D eigenvalue weighted by atomic mass is 10.2. The molecule has 2 aromatic rings. The molecule has 0 unspecified atom stereocenters. The van der Waals surface area contributed by atoms with Crippen molar-refractivity contribution >= 4 is 23.2 Å². The van der Waals surface area contributed by atoms with Crippen molar-refractivity contribution in [3.05, 3.63) is 36.2 Å². The second-order valence-electron chi connectivity index (χ2n) is 3.86. The highest BCUT2D eigenvalue weighted by Crippen LogP contribution is 2.20. The van der Waals surface area contributed by atoms with E-state index in [1.165, 1.54) is 19.4 Å². The van der Waals surface area contributed by atoms with E-state index in [1.807, 2.05) is 0 Å². The highest BCUT2D eigenvalue weighted by molar-refractivity contribution is 5.95. The molecule has 0 aliphatic heterocycles. The van der Waals surface area contributed by atoms with Gasteiger partial charge in [0.25, 0.3) is 0 Å². The van der Waals surface area contributed by atoms with Crippen LogP contribution in [-0.4, -0.2) is 30.2 Å². The summed E-state index contributed by atoms with van der Waals surface area (Å²) in [5.41, 5.74) is 6.90. The molecule has 0 amide bonds. The Balaban J connectivity index is 2.22. The maximum absolute atomic E-state index is 11.5. The third-order valence-electron chi connectivity index (χ3n) is 2.56. The molecule has 0 aliphatic carbocycles. The van der Waals surface area contributed by atoms with E-state index < -0.39 is 5.97 Å². The van der Waals surface area contributed by atoms with Crippen LogP contribution in [0.4, 0.5) is 17.2 Å². The number of nitrogen functional groups attached to an aromatic ring is 1. The van der Waals surface area contributed by atoms with Gasteiger partial charge < -0.3 is 20.5 Å². The minimum atomic E-state index is -0.513. The lowest BCUT2D eigenvalue weighted by Crippen LogP contribution is -2.07. The zero-order valence-electron chi connectivity index (χ0n) is 11.1. The number of anilines is 3. The fourth-order valence-electron chi connectivity index (χ4n) is 1.54. The van der Waals surface area contributed by atoms with Crippen LogP contribution in [0.15, 0.2) is 30.6 Å². The zero-order chi connectivity index (χ0) is 14.5. The number of ether oxygens (including phenoxy) is 2. The number of pyridine rings is 2. The van der Waals surface area contributed by atoms with Crippen LogP contribution in [0, 0.1) is 0 Å². The number of hydrogen-bond acceptors (Lipinski definition) is 7. The van der Waals surface area contributed by atoms with E-state index in [1.54, 1.807) is 25.4 Å². The normalized spacial score (nSPS) is 9.90. The van der Waals surface area contributed by atoms with E-state index in [2.05, 4.69) is 20.0 Å². The van der Waals surface area contributed by atoms with Crippen molar-refractivity contribution in [1.82, 2.24) is 9.97 Å². The van der Waals surface area contributed by atoms with Gasteiger partial charge in [-0.15, -0.1) is 0 Å². The number of nitrogens with one attached hydrogen (secondary N) is 1. The van der Waals surface area contributed by atoms with Crippen LogP contribution in [-0.2, 0) is 4.74 Å². The van der Waals surface area contributed by atoms with Crippen LogP contribution in [0.25, 0.3) is 0 Å². The zero-order valence-corrected chi connectivity index (χ0v) is 11.1. The van der Waals surface area contributed by atoms with Crippen molar-refractivity contribution in [2.45, 2.75) is 0 Å². The highest BCUT2D eigenvalue weighted by Gasteiger charge is 2.11. The molecule has 2 heterocycles. The molecule has 2 rings (SSSR count). The van der Waals surface area contributed by atoms with E-state index in [0.717, 1.165) is 0 Å². The summed E-state index contributed by atoms with van der Waals surface area (Å²) >= 11 is 0. The summed E-state index contributed by atoms with van der Waals surface area (Å²) in [6.07, 6.45) is 2.99. The van der Waals surface area contributed by atoms with Gasteiger partial charge in [0.15, 0.2) is 0 Å². The summed E-state index contributed by atoms with van der Waals surface area (Å²) in [5.74, 6) is 0.462. The van der Waals surface area contributed by atoms with Crippen LogP contribution in [0.3, 0.4) is 0 Å². The predicted octanol–water partition coefficient (Wildman–Crippen LogP) is 1.60. The van der Waals surface area contributed by atoms with Crippen LogP contribution in [0.1, 0.15) is 10.4 Å². The number of nitrogens with two attached hydrogens (primary N) is 1. The van der Waals surface area contributed by atoms with E-state index in [4.69, 9.17) is 10.5 Å². The molecule has 0 aliphatic rings. The van der Waals surface area contributed by atoms with E-state index in [-0.39, 0.29) is 11.3 Å². The van der Waals surface area contributed by atoms with Crippen LogP contribution in [0.5, 0.6) is 5.88 Å². The fraction of sp³-hybridized carbons (Fsp3) is 0.154. The van der Waals surface area contributed by atoms with Gasteiger partial charge in [-0.2, -0.15) is 0 Å². The van der Waals surface area contributed by atoms with Crippen molar-refractivity contribution < 1.29 is 14.3 Å². The molecule has 0 saturated carbocycles. The van der Waals surface area contributed by atoms with Gasteiger partial charge >= 0.3 is 5.97 Å². The summed E-state index contributed by atoms with van der Waals surface area (Å²) in [6, 6.07) is 5.01. The number of methoxy groups -OCH3 is 2. The molecule has 20 heavy (non-hydrogen) atoms. The monoisotopic (exact) mass is 274 g/mol. The third-order valence-corrected chi connectivity index (χ3v) is 2.56. The smallest absolute Gasteiger partial charge is 0.340 e. The first-order valence-corrected chi connectivity index (χ1v) is 5.75. The predicted molar refractivity (Wildman–Crippen MR) is 74.1 cm³/mol. The quantitative estimate of drug-likeness (QED) is 0.817. The van der Waals surface area contributed by atoms with Gasteiger partial charge in [-0.1, -0.05) is 0 Å². The summed E-state index contributed by atoms with van der Waals surface area (Å²) in [6.45, 7) is 0. The van der Waals surface area contributed by atoms with Crippen molar-refractivity contribution in [2.75, 3.05) is 25.3 Å². The average molecular weight is 274 g/mol. The Morgan fingerprint density at radius 1 is 1.25 bits per heavy atom. The number of nitrogens with zero attached hydrogens (tertiary/aromatic N) is 2. The van der Waals surface area contributed by atoms with Gasteiger partial charge in [-0.05, 0) is 12.1 Å². The first-order chi connectivity index (χ1) is 9.63. The number of rotatable bonds is 4. The second kappa shape index (κ2) is 5.87. The number of carbonyl (C=O) groups is 1. The Kier molecular flexibility index (Phi) is 3.99. The third kappa shape index (κ3) is 2.94. The molecule has 3 N–H and O–H groups in total. The second-order valence-corrected chi connectivity index (χ2v) is 3.86. The molecule has 0 saturated heterocycles. The molecule has 2 aromatic heterocycles. The van der Waals surface area contributed by atoms with Crippen LogP contribution in [0.2, 0.25) is 0 Å². The molecule has 0 aromatic carbocycles. The Hall–Kier alpha value is -2.83. The summed E-state index contributed by atoms with van der Waals surface area (Å²) in [7, 11) is 2.84. The number of carbonyl (C=O) groups excluding carboxylic acids is 1. The van der Waals surface area contributed by atoms with Gasteiger partial charge in [0.1, 0.15) is 5.82 Å². The maximum Gasteiger partial charge on any atom is 0.340 e. The SMILES string of the molecule is COC(=O)c1cc(Nc2ccc(OC)nc2)ncc1N. The number of aromatic nitrogens is 2. The molecule has 0 fully saturated rings. The van der Waals surface area contributed by atoms with E-state index in [0.29, 0.717) is 17.4 Å². The lowest BCUT2D eigenvalue weighted by Gasteiger charge is -2.08.